The smallest absolute Gasteiger partial charge is 0.238 e. The molecule has 3 fully saturated rings. The van der Waals surface area contributed by atoms with Crippen molar-refractivity contribution in [3.8, 4) is 11.5 Å². The van der Waals surface area contributed by atoms with Gasteiger partial charge in [0.25, 0.3) is 0 Å². The second-order valence-electron chi connectivity index (χ2n) is 12.6. The lowest BCUT2D eigenvalue weighted by molar-refractivity contribution is -0.129. The Morgan fingerprint density at radius 2 is 1.15 bits per heavy atom. The number of rotatable bonds is 7. The maximum Gasteiger partial charge on any atom is 0.238 e. The van der Waals surface area contributed by atoms with E-state index in [4.69, 9.17) is 9.47 Å². The van der Waals surface area contributed by atoms with Crippen LogP contribution in [-0.2, 0) is 19.2 Å². The highest BCUT2D eigenvalue weighted by Gasteiger charge is 2.67. The number of ether oxygens (including phenoxy) is 2. The van der Waals surface area contributed by atoms with E-state index in [2.05, 4.69) is 6.08 Å². The fraction of sp³-hybridized carbons (Fsp3) is 0.316. The number of benzene rings is 3. The van der Waals surface area contributed by atoms with E-state index in [1.807, 2.05) is 50.3 Å². The van der Waals surface area contributed by atoms with Gasteiger partial charge < -0.3 is 9.47 Å². The van der Waals surface area contributed by atoms with E-state index in [-0.39, 0.29) is 35.5 Å². The molecule has 9 rings (SSSR count). The summed E-state index contributed by atoms with van der Waals surface area (Å²) < 4.78 is 11.2. The largest absolute Gasteiger partial charge is 0.494 e. The molecule has 3 aromatic rings. The molecule has 6 aliphatic rings. The first-order valence-corrected chi connectivity index (χ1v) is 16.1. The maximum absolute atomic E-state index is 14.4. The molecule has 3 aromatic carbocycles. The third-order valence-electron chi connectivity index (χ3n) is 10.4. The fourth-order valence-corrected chi connectivity index (χ4v) is 8.74. The van der Waals surface area contributed by atoms with Crippen molar-refractivity contribution in [2.75, 3.05) is 23.0 Å². The van der Waals surface area contributed by atoms with Gasteiger partial charge in [-0.3, -0.25) is 29.0 Å². The Kier molecular flexibility index (Phi) is 6.71. The first kappa shape index (κ1) is 28.5. The highest BCUT2D eigenvalue weighted by atomic mass is 16.5. The zero-order valence-electron chi connectivity index (χ0n) is 25.7. The number of carbonyl (C=O) groups excluding carboxylic acids is 4. The summed E-state index contributed by atoms with van der Waals surface area (Å²) in [5, 5.41) is 0. The average Bonchev–Trinajstić information content (AvgIpc) is 3.51. The number of amides is 4. The lowest BCUT2D eigenvalue weighted by atomic mass is 9.49. The summed E-state index contributed by atoms with van der Waals surface area (Å²) >= 11 is 0. The fourth-order valence-electron chi connectivity index (χ4n) is 8.74. The standard InChI is InChI=1S/C38H34N2O6/c1-3-45-24-14-10-22(11-15-24)39-35(41)29-20-28(21-8-6-5-7-9-21)30-26-18-19-27(31(30)34(29)38(39)44)33-32(26)36(42)40(37(33)43)23-12-16-25(17-13-23)46-4-2/h5-19,26-27,29,31-34H,3-4,20H2,1-2H3/t26-,27-,29-,31-,32-,33+,34-/m1/s1. The first-order valence-electron chi connectivity index (χ1n) is 16.1. The molecule has 7 atom stereocenters. The molecule has 4 aliphatic carbocycles. The molecular weight excluding hydrogens is 580 g/mol. The summed E-state index contributed by atoms with van der Waals surface area (Å²) in [7, 11) is 0. The van der Waals surface area contributed by atoms with Gasteiger partial charge in [0.05, 0.1) is 48.3 Å². The van der Waals surface area contributed by atoms with E-state index in [1.54, 1.807) is 48.5 Å². The zero-order chi connectivity index (χ0) is 31.7. The van der Waals surface area contributed by atoms with Gasteiger partial charge in [-0.05, 0) is 85.9 Å². The number of hydrogen-bond donors (Lipinski definition) is 0. The molecule has 4 amide bonds. The molecule has 0 radical (unpaired) electrons. The molecule has 0 N–H and O–H groups in total. The molecular formula is C38H34N2O6. The van der Waals surface area contributed by atoms with Crippen molar-refractivity contribution in [3.05, 3.63) is 102 Å². The molecule has 0 unspecified atom stereocenters. The van der Waals surface area contributed by atoms with Crippen molar-refractivity contribution in [1.29, 1.82) is 0 Å². The summed E-state index contributed by atoms with van der Waals surface area (Å²) in [6.45, 7) is 4.83. The third-order valence-corrected chi connectivity index (χ3v) is 10.4. The lowest BCUT2D eigenvalue weighted by Crippen LogP contribution is -2.51. The van der Waals surface area contributed by atoms with Gasteiger partial charge in [-0.25, -0.2) is 0 Å². The minimum atomic E-state index is -0.623. The molecule has 8 nitrogen and oxygen atoms in total. The van der Waals surface area contributed by atoms with Crippen LogP contribution >= 0.6 is 0 Å². The van der Waals surface area contributed by atoms with Crippen LogP contribution in [0.4, 0.5) is 11.4 Å². The monoisotopic (exact) mass is 614 g/mol. The van der Waals surface area contributed by atoms with E-state index in [9.17, 15) is 19.2 Å². The highest BCUT2D eigenvalue weighted by molar-refractivity contribution is 6.24. The number of allylic oxidation sites excluding steroid dienone is 4. The molecule has 0 aromatic heterocycles. The molecule has 2 bridgehead atoms. The quantitative estimate of drug-likeness (QED) is 0.251. The van der Waals surface area contributed by atoms with Crippen LogP contribution in [0.25, 0.3) is 5.57 Å². The molecule has 232 valence electrons. The molecule has 2 aliphatic heterocycles. The number of hydrogen-bond acceptors (Lipinski definition) is 6. The van der Waals surface area contributed by atoms with Crippen molar-refractivity contribution >= 4 is 40.6 Å². The van der Waals surface area contributed by atoms with Crippen LogP contribution < -0.4 is 19.3 Å². The highest BCUT2D eigenvalue weighted by Crippen LogP contribution is 2.63. The van der Waals surface area contributed by atoms with Gasteiger partial charge in [0, 0.05) is 11.8 Å². The summed E-state index contributed by atoms with van der Waals surface area (Å²) in [5.41, 5.74) is 4.06. The van der Waals surface area contributed by atoms with Gasteiger partial charge in [0.1, 0.15) is 11.5 Å². The Labute approximate surface area is 267 Å². The van der Waals surface area contributed by atoms with Gasteiger partial charge in [-0.2, -0.15) is 0 Å². The van der Waals surface area contributed by atoms with Crippen molar-refractivity contribution in [3.63, 3.8) is 0 Å². The average molecular weight is 615 g/mol. The number of carbonyl (C=O) groups is 4. The van der Waals surface area contributed by atoms with Gasteiger partial charge in [-0.15, -0.1) is 0 Å². The number of fused-ring (bicyclic) bond motifs is 1. The Morgan fingerprint density at radius 1 is 0.609 bits per heavy atom. The Balaban J connectivity index is 1.22. The zero-order valence-corrected chi connectivity index (χ0v) is 25.7. The van der Waals surface area contributed by atoms with Crippen molar-refractivity contribution in [2.24, 2.45) is 41.4 Å². The molecule has 2 heterocycles. The van der Waals surface area contributed by atoms with Crippen LogP contribution in [0.15, 0.2) is 96.6 Å². The van der Waals surface area contributed by atoms with Gasteiger partial charge in [0.15, 0.2) is 0 Å². The van der Waals surface area contributed by atoms with Gasteiger partial charge >= 0.3 is 0 Å². The second-order valence-corrected chi connectivity index (χ2v) is 12.6. The summed E-state index contributed by atoms with van der Waals surface area (Å²) in [5.74, 6) is -3.07. The number of nitrogens with zero attached hydrogens (tertiary/aromatic N) is 2. The Hall–Kier alpha value is -4.98. The van der Waals surface area contributed by atoms with E-state index in [1.165, 1.54) is 9.80 Å². The predicted octanol–water partition coefficient (Wildman–Crippen LogP) is 5.68. The topological polar surface area (TPSA) is 93.2 Å². The SMILES string of the molecule is CCOc1ccc(N2C(=O)[C@H]3[C@@H]4C=C[C@H](C5=C(c6ccccc6)C[C@H]6C(=O)N(c7ccc(OCC)cc7)C(=O)[C@H]6[C@@H]54)[C@H]3C2=O)cc1. The van der Waals surface area contributed by atoms with Gasteiger partial charge in [0.2, 0.25) is 23.6 Å². The molecule has 1 saturated carbocycles. The van der Waals surface area contributed by atoms with Crippen LogP contribution in [0.1, 0.15) is 25.8 Å². The number of anilines is 2. The van der Waals surface area contributed by atoms with E-state index in [0.717, 1.165) is 16.7 Å². The summed E-state index contributed by atoms with van der Waals surface area (Å²) in [6.07, 6.45) is 4.51. The van der Waals surface area contributed by atoms with Crippen LogP contribution in [-0.4, -0.2) is 36.8 Å². The Morgan fingerprint density at radius 3 is 1.74 bits per heavy atom. The van der Waals surface area contributed by atoms with Crippen LogP contribution in [0.2, 0.25) is 0 Å². The van der Waals surface area contributed by atoms with E-state index >= 15 is 0 Å². The van der Waals surface area contributed by atoms with Gasteiger partial charge in [-0.1, -0.05) is 48.1 Å². The normalized spacial score (nSPS) is 29.3. The Bertz CT molecular complexity index is 1810. The maximum atomic E-state index is 14.4. The van der Waals surface area contributed by atoms with E-state index < -0.39 is 29.6 Å². The van der Waals surface area contributed by atoms with Crippen LogP contribution in [0.3, 0.4) is 0 Å². The minimum absolute atomic E-state index is 0.219. The minimum Gasteiger partial charge on any atom is -0.494 e. The molecule has 0 spiro atoms. The molecule has 46 heavy (non-hydrogen) atoms. The van der Waals surface area contributed by atoms with Crippen molar-refractivity contribution in [2.45, 2.75) is 20.3 Å². The summed E-state index contributed by atoms with van der Waals surface area (Å²) in [6, 6.07) is 24.0. The molecule has 2 saturated heterocycles. The van der Waals surface area contributed by atoms with Crippen LogP contribution in [0.5, 0.6) is 11.5 Å². The third kappa shape index (κ3) is 4.05. The first-order chi connectivity index (χ1) is 22.4. The van der Waals surface area contributed by atoms with Crippen molar-refractivity contribution in [1.82, 2.24) is 0 Å². The van der Waals surface area contributed by atoms with Crippen LogP contribution in [0, 0.1) is 41.4 Å². The molecule has 8 heteroatoms. The predicted molar refractivity (Wildman–Crippen MR) is 172 cm³/mol. The van der Waals surface area contributed by atoms with E-state index in [0.29, 0.717) is 42.5 Å². The summed E-state index contributed by atoms with van der Waals surface area (Å²) in [4.78, 5) is 59.7. The second kappa shape index (κ2) is 10.8. The lowest BCUT2D eigenvalue weighted by Gasteiger charge is -2.51. The van der Waals surface area contributed by atoms with Crippen molar-refractivity contribution < 1.29 is 28.7 Å². The number of imide groups is 2.